The first-order chi connectivity index (χ1) is 6.60. The van der Waals surface area contributed by atoms with E-state index in [1.165, 1.54) is 0 Å². The Balaban J connectivity index is 3.13. The third-order valence-corrected chi connectivity index (χ3v) is 3.17. The molecule has 0 radical (unpaired) electrons. The number of nitrogens with one attached hydrogen (secondary N) is 1. The second-order valence-corrected chi connectivity index (χ2v) is 4.57. The van der Waals surface area contributed by atoms with Crippen molar-refractivity contribution in [3.8, 4) is 0 Å². The van der Waals surface area contributed by atoms with Gasteiger partial charge in [-0.05, 0) is 49.6 Å². The molecule has 0 unspecified atom stereocenters. The zero-order valence-corrected chi connectivity index (χ0v) is 10.9. The third kappa shape index (κ3) is 2.48. The van der Waals surface area contributed by atoms with E-state index in [-0.39, 0.29) is 6.54 Å². The van der Waals surface area contributed by atoms with Crippen molar-refractivity contribution in [3.05, 3.63) is 26.6 Å². The monoisotopic (exact) mass is 322 g/mol. The molecule has 14 heavy (non-hydrogen) atoms. The molecule has 0 bridgehead atoms. The number of hydrogen-bond acceptors (Lipinski definition) is 3. The van der Waals surface area contributed by atoms with Crippen LogP contribution in [-0.4, -0.2) is 18.7 Å². The number of rotatable bonds is 3. The van der Waals surface area contributed by atoms with E-state index >= 15 is 0 Å². The molecule has 0 aliphatic carbocycles. The van der Waals surface area contributed by atoms with E-state index in [9.17, 15) is 5.11 Å². The van der Waals surface area contributed by atoms with Gasteiger partial charge in [0, 0.05) is 22.5 Å². The topological polar surface area (TPSA) is 58.3 Å². The quantitative estimate of drug-likeness (QED) is 0.799. The van der Waals surface area contributed by atoms with Crippen LogP contribution >= 0.6 is 31.9 Å². The lowest BCUT2D eigenvalue weighted by atomic mass is 10.1. The molecule has 0 saturated heterocycles. The van der Waals surface area contributed by atoms with Gasteiger partial charge in [0.1, 0.15) is 0 Å². The van der Waals surface area contributed by atoms with Crippen molar-refractivity contribution >= 4 is 37.5 Å². The normalized spacial score (nSPS) is 12.6. The molecule has 3 nitrogen and oxygen atoms in total. The number of aliphatic hydroxyl groups is 1. The lowest BCUT2D eigenvalue weighted by Gasteiger charge is -2.13. The summed E-state index contributed by atoms with van der Waals surface area (Å²) in [5.74, 6) is 0. The highest BCUT2D eigenvalue weighted by Gasteiger charge is 2.10. The lowest BCUT2D eigenvalue weighted by Crippen LogP contribution is -2.11. The van der Waals surface area contributed by atoms with Gasteiger partial charge in [0.05, 0.1) is 11.8 Å². The van der Waals surface area contributed by atoms with Crippen LogP contribution in [-0.2, 0) is 0 Å². The van der Waals surface area contributed by atoms with Gasteiger partial charge in [-0.15, -0.1) is 0 Å². The Morgan fingerprint density at radius 3 is 2.29 bits per heavy atom. The van der Waals surface area contributed by atoms with E-state index in [4.69, 9.17) is 5.73 Å². The minimum atomic E-state index is -0.617. The fourth-order valence-corrected chi connectivity index (χ4v) is 2.78. The van der Waals surface area contributed by atoms with Crippen LogP contribution in [0.3, 0.4) is 0 Å². The molecule has 5 heteroatoms. The van der Waals surface area contributed by atoms with Crippen molar-refractivity contribution in [2.75, 3.05) is 18.9 Å². The number of benzene rings is 1. The van der Waals surface area contributed by atoms with Crippen molar-refractivity contribution in [2.45, 2.75) is 6.10 Å². The molecular weight excluding hydrogens is 312 g/mol. The zero-order valence-electron chi connectivity index (χ0n) is 7.72. The highest BCUT2D eigenvalue weighted by Crippen LogP contribution is 2.33. The Morgan fingerprint density at radius 1 is 1.43 bits per heavy atom. The van der Waals surface area contributed by atoms with E-state index in [1.54, 1.807) is 0 Å². The zero-order chi connectivity index (χ0) is 10.7. The van der Waals surface area contributed by atoms with Gasteiger partial charge in [0.25, 0.3) is 0 Å². The van der Waals surface area contributed by atoms with Crippen LogP contribution in [0.1, 0.15) is 11.7 Å². The molecule has 4 N–H and O–H groups in total. The highest BCUT2D eigenvalue weighted by molar-refractivity contribution is 9.11. The predicted octanol–water partition coefficient (Wildman–Crippen LogP) is 2.25. The van der Waals surface area contributed by atoms with E-state index < -0.39 is 6.10 Å². The minimum absolute atomic E-state index is 0.220. The molecular formula is C9H12Br2N2O. The summed E-state index contributed by atoms with van der Waals surface area (Å²) in [5, 5.41) is 12.6. The minimum Gasteiger partial charge on any atom is -0.387 e. The van der Waals surface area contributed by atoms with Gasteiger partial charge >= 0.3 is 0 Å². The van der Waals surface area contributed by atoms with Crippen LogP contribution < -0.4 is 11.1 Å². The van der Waals surface area contributed by atoms with E-state index in [2.05, 4.69) is 37.2 Å². The average molecular weight is 324 g/mol. The fraction of sp³-hybridized carbons (Fsp3) is 0.333. The second kappa shape index (κ2) is 5.11. The Morgan fingerprint density at radius 2 is 1.93 bits per heavy atom. The average Bonchev–Trinajstić information content (AvgIpc) is 2.16. The van der Waals surface area contributed by atoms with Gasteiger partial charge in [0.2, 0.25) is 0 Å². The summed E-state index contributed by atoms with van der Waals surface area (Å²) in [4.78, 5) is 0. The third-order valence-electron chi connectivity index (χ3n) is 1.92. The standard InChI is InChI=1S/C9H12Br2N2O/c1-13-9-6(10)2-5(3-7(9)11)8(14)4-12/h2-3,8,13-14H,4,12H2,1H3/t8-/m0/s1. The van der Waals surface area contributed by atoms with Crippen LogP contribution in [0, 0.1) is 0 Å². The fourth-order valence-electron chi connectivity index (χ4n) is 1.16. The number of anilines is 1. The number of aliphatic hydroxyl groups excluding tert-OH is 1. The molecule has 0 spiro atoms. The summed E-state index contributed by atoms with van der Waals surface area (Å²) < 4.78 is 1.80. The Labute approximate surface area is 99.9 Å². The molecule has 1 aromatic rings. The summed E-state index contributed by atoms with van der Waals surface area (Å²) >= 11 is 6.82. The Hall–Kier alpha value is -0.100. The molecule has 0 aliphatic heterocycles. The first-order valence-corrected chi connectivity index (χ1v) is 5.73. The second-order valence-electron chi connectivity index (χ2n) is 2.86. The van der Waals surface area contributed by atoms with Crippen LogP contribution in [0.25, 0.3) is 0 Å². The summed E-state index contributed by atoms with van der Waals surface area (Å²) in [6.07, 6.45) is -0.617. The molecule has 0 fully saturated rings. The van der Waals surface area contributed by atoms with E-state index in [0.29, 0.717) is 0 Å². The molecule has 78 valence electrons. The maximum atomic E-state index is 9.55. The van der Waals surface area contributed by atoms with Crippen molar-refractivity contribution in [1.82, 2.24) is 0 Å². The molecule has 1 atom stereocenters. The SMILES string of the molecule is CNc1c(Br)cc([C@@H](O)CN)cc1Br. The smallest absolute Gasteiger partial charge is 0.0913 e. The van der Waals surface area contributed by atoms with Crippen molar-refractivity contribution in [3.63, 3.8) is 0 Å². The van der Waals surface area contributed by atoms with Crippen LogP contribution in [0.15, 0.2) is 21.1 Å². The van der Waals surface area contributed by atoms with E-state index in [1.807, 2.05) is 19.2 Å². The summed E-state index contributed by atoms with van der Waals surface area (Å²) in [5.41, 5.74) is 7.13. The van der Waals surface area contributed by atoms with Gasteiger partial charge in [0.15, 0.2) is 0 Å². The van der Waals surface area contributed by atoms with Crippen LogP contribution in [0.2, 0.25) is 0 Å². The number of hydrogen-bond donors (Lipinski definition) is 3. The first-order valence-electron chi connectivity index (χ1n) is 4.15. The summed E-state index contributed by atoms with van der Waals surface area (Å²) in [6, 6.07) is 3.71. The molecule has 0 aromatic heterocycles. The van der Waals surface area contributed by atoms with Gasteiger partial charge in [-0.2, -0.15) is 0 Å². The Kier molecular flexibility index (Phi) is 4.37. The predicted molar refractivity (Wildman–Crippen MR) is 65.4 cm³/mol. The Bertz CT molecular complexity index is 308. The summed E-state index contributed by atoms with van der Waals surface area (Å²) in [6.45, 7) is 0.220. The molecule has 0 saturated carbocycles. The van der Waals surface area contributed by atoms with Crippen molar-refractivity contribution in [1.29, 1.82) is 0 Å². The van der Waals surface area contributed by atoms with Gasteiger partial charge < -0.3 is 16.2 Å². The van der Waals surface area contributed by atoms with Crippen molar-refractivity contribution in [2.24, 2.45) is 5.73 Å². The summed E-state index contributed by atoms with van der Waals surface area (Å²) in [7, 11) is 1.84. The van der Waals surface area contributed by atoms with Crippen LogP contribution in [0.4, 0.5) is 5.69 Å². The molecule has 0 amide bonds. The molecule has 0 heterocycles. The molecule has 0 aliphatic rings. The highest BCUT2D eigenvalue weighted by atomic mass is 79.9. The van der Waals surface area contributed by atoms with Crippen LogP contribution in [0.5, 0.6) is 0 Å². The maximum absolute atomic E-state index is 9.55. The number of halogens is 2. The maximum Gasteiger partial charge on any atom is 0.0913 e. The van der Waals surface area contributed by atoms with Gasteiger partial charge in [-0.1, -0.05) is 0 Å². The first kappa shape index (κ1) is 12.0. The molecule has 1 aromatic carbocycles. The van der Waals surface area contributed by atoms with Gasteiger partial charge in [-0.3, -0.25) is 0 Å². The largest absolute Gasteiger partial charge is 0.387 e. The lowest BCUT2D eigenvalue weighted by molar-refractivity contribution is 0.186. The molecule has 1 rings (SSSR count). The van der Waals surface area contributed by atoms with Gasteiger partial charge in [-0.25, -0.2) is 0 Å². The van der Waals surface area contributed by atoms with E-state index in [0.717, 1.165) is 20.2 Å². The van der Waals surface area contributed by atoms with Crippen molar-refractivity contribution < 1.29 is 5.11 Å². The number of nitrogens with two attached hydrogens (primary N) is 1.